The molecule has 5 heteroatoms. The van der Waals surface area contributed by atoms with Crippen LogP contribution in [0.2, 0.25) is 5.02 Å². The maximum atomic E-state index is 6.63. The molecule has 1 aliphatic heterocycles. The Hall–Kier alpha value is -2.04. The minimum Gasteiger partial charge on any atom is -0.369 e. The number of aromatic nitrogens is 2. The molecule has 2 heterocycles. The minimum atomic E-state index is 0.613. The van der Waals surface area contributed by atoms with Crippen LogP contribution < -0.4 is 4.90 Å². The van der Waals surface area contributed by atoms with Gasteiger partial charge < -0.3 is 9.47 Å². The van der Waals surface area contributed by atoms with Crippen molar-refractivity contribution in [1.82, 2.24) is 14.5 Å². The van der Waals surface area contributed by atoms with E-state index in [1.165, 1.54) is 29.9 Å². The summed E-state index contributed by atoms with van der Waals surface area (Å²) in [7, 11) is 2.11. The van der Waals surface area contributed by atoms with Gasteiger partial charge >= 0.3 is 0 Å². The summed E-state index contributed by atoms with van der Waals surface area (Å²) in [5, 5.41) is 0.744. The fourth-order valence-electron chi connectivity index (χ4n) is 4.50. The smallest absolute Gasteiger partial charge is 0.112 e. The first-order valence-electron chi connectivity index (χ1n) is 10.8. The van der Waals surface area contributed by atoms with E-state index in [1.807, 2.05) is 0 Å². The summed E-state index contributed by atoms with van der Waals surface area (Å²) in [6.45, 7) is 9.01. The summed E-state index contributed by atoms with van der Waals surface area (Å²) in [4.78, 5) is 9.86. The monoisotopic (exact) mass is 408 g/mol. The number of fused-ring (bicyclic) bond motifs is 1. The van der Waals surface area contributed by atoms with Crippen molar-refractivity contribution in [1.29, 1.82) is 0 Å². The second-order valence-electron chi connectivity index (χ2n) is 8.79. The summed E-state index contributed by atoms with van der Waals surface area (Å²) in [5.41, 5.74) is 5.72. The van der Waals surface area contributed by atoms with Gasteiger partial charge in [-0.25, -0.2) is 4.98 Å². The number of benzene rings is 2. The van der Waals surface area contributed by atoms with E-state index < -0.39 is 0 Å². The first kappa shape index (κ1) is 19.0. The number of anilines is 1. The predicted molar refractivity (Wildman–Crippen MR) is 122 cm³/mol. The van der Waals surface area contributed by atoms with Gasteiger partial charge in [0.25, 0.3) is 0 Å². The molecule has 0 bridgehead atoms. The maximum absolute atomic E-state index is 6.63. The average Bonchev–Trinajstić information content (AvgIpc) is 3.52. The molecule has 0 radical (unpaired) electrons. The Morgan fingerprint density at radius 3 is 2.28 bits per heavy atom. The molecule has 29 heavy (non-hydrogen) atoms. The molecule has 1 saturated heterocycles. The zero-order chi connectivity index (χ0) is 20.1. The van der Waals surface area contributed by atoms with Gasteiger partial charge in [-0.15, -0.1) is 0 Å². The van der Waals surface area contributed by atoms with Crippen molar-refractivity contribution in [2.45, 2.75) is 38.6 Å². The quantitative estimate of drug-likeness (QED) is 0.585. The van der Waals surface area contributed by atoms with Crippen LogP contribution in [0.5, 0.6) is 0 Å². The summed E-state index contributed by atoms with van der Waals surface area (Å²) in [6.07, 6.45) is 2.49. The van der Waals surface area contributed by atoms with Gasteiger partial charge in [-0.2, -0.15) is 0 Å². The fourth-order valence-corrected chi connectivity index (χ4v) is 4.76. The highest BCUT2D eigenvalue weighted by molar-refractivity contribution is 6.35. The zero-order valence-corrected chi connectivity index (χ0v) is 18.3. The molecule has 4 nitrogen and oxygen atoms in total. The van der Waals surface area contributed by atoms with E-state index >= 15 is 0 Å². The lowest BCUT2D eigenvalue weighted by Crippen LogP contribution is -2.48. The van der Waals surface area contributed by atoms with Crippen LogP contribution in [0.15, 0.2) is 36.4 Å². The molecule has 0 N–H and O–H groups in total. The molecule has 1 aromatic heterocycles. The topological polar surface area (TPSA) is 24.3 Å². The third-order valence-corrected chi connectivity index (χ3v) is 6.82. The molecule has 0 unspecified atom stereocenters. The summed E-state index contributed by atoms with van der Waals surface area (Å²) in [6, 6.07) is 13.9. The molecular formula is C24H29ClN4. The Kier molecular flexibility index (Phi) is 4.79. The number of rotatable bonds is 4. The van der Waals surface area contributed by atoms with E-state index in [0.29, 0.717) is 12.0 Å². The average molecular weight is 409 g/mol. The van der Waals surface area contributed by atoms with E-state index in [9.17, 15) is 0 Å². The molecule has 152 valence electrons. The highest BCUT2D eigenvalue weighted by Gasteiger charge is 2.29. The van der Waals surface area contributed by atoms with Gasteiger partial charge in [0.05, 0.1) is 10.5 Å². The van der Waals surface area contributed by atoms with Crippen molar-refractivity contribution in [2.24, 2.45) is 7.05 Å². The van der Waals surface area contributed by atoms with Crippen LogP contribution in [-0.2, 0) is 7.05 Å². The lowest BCUT2D eigenvalue weighted by atomic mass is 10.0. The number of aryl methyl sites for hydroxylation is 1. The minimum absolute atomic E-state index is 0.613. The Labute approximate surface area is 178 Å². The molecule has 2 fully saturated rings. The van der Waals surface area contributed by atoms with Crippen molar-refractivity contribution in [3.05, 3.63) is 47.2 Å². The van der Waals surface area contributed by atoms with E-state index in [-0.39, 0.29) is 0 Å². The van der Waals surface area contributed by atoms with Crippen LogP contribution in [-0.4, -0.2) is 46.7 Å². The number of nitrogens with zero attached hydrogens (tertiary/aromatic N) is 4. The van der Waals surface area contributed by atoms with E-state index in [0.717, 1.165) is 47.8 Å². The number of piperazine rings is 1. The largest absolute Gasteiger partial charge is 0.369 e. The third kappa shape index (κ3) is 3.53. The normalized spacial score (nSPS) is 18.2. The predicted octanol–water partition coefficient (Wildman–Crippen LogP) is 5.30. The Bertz CT molecular complexity index is 1030. The highest BCUT2D eigenvalue weighted by Crippen LogP contribution is 2.41. The first-order valence-corrected chi connectivity index (χ1v) is 11.1. The number of hydrogen-bond donors (Lipinski definition) is 0. The molecule has 3 aromatic rings. The molecule has 0 atom stereocenters. The van der Waals surface area contributed by atoms with Gasteiger partial charge in [-0.1, -0.05) is 23.7 Å². The molecule has 5 rings (SSSR count). The van der Waals surface area contributed by atoms with Crippen molar-refractivity contribution >= 4 is 28.3 Å². The Morgan fingerprint density at radius 2 is 1.66 bits per heavy atom. The van der Waals surface area contributed by atoms with Crippen molar-refractivity contribution in [2.75, 3.05) is 31.1 Å². The second kappa shape index (κ2) is 7.33. The lowest BCUT2D eigenvalue weighted by molar-refractivity contribution is 0.209. The molecule has 2 aromatic carbocycles. The van der Waals surface area contributed by atoms with Gasteiger partial charge in [0.15, 0.2) is 0 Å². The molecule has 1 saturated carbocycles. The highest BCUT2D eigenvalue weighted by atomic mass is 35.5. The zero-order valence-electron chi connectivity index (χ0n) is 17.5. The first-order chi connectivity index (χ1) is 14.0. The van der Waals surface area contributed by atoms with E-state index in [2.05, 4.69) is 71.7 Å². The van der Waals surface area contributed by atoms with Crippen molar-refractivity contribution in [3.63, 3.8) is 0 Å². The number of imidazole rings is 1. The fraction of sp³-hybridized carbons (Fsp3) is 0.458. The van der Waals surface area contributed by atoms with E-state index in [4.69, 9.17) is 16.6 Å². The van der Waals surface area contributed by atoms with Gasteiger partial charge in [0.1, 0.15) is 11.3 Å². The summed E-state index contributed by atoms with van der Waals surface area (Å²) in [5.74, 6) is 1.79. The SMILES string of the molecule is CC(C)N1CCN(c2ccc(-c3cc(Cl)c4nc(C5CC5)n(C)c4c3)cc2)CC1. The molecule has 0 spiro atoms. The number of halogens is 1. The maximum Gasteiger partial charge on any atom is 0.112 e. The Morgan fingerprint density at radius 1 is 0.966 bits per heavy atom. The van der Waals surface area contributed by atoms with Gasteiger partial charge in [-0.05, 0) is 62.1 Å². The van der Waals surface area contributed by atoms with Gasteiger partial charge in [0, 0.05) is 50.9 Å². The van der Waals surface area contributed by atoms with Crippen LogP contribution in [0, 0.1) is 0 Å². The summed E-state index contributed by atoms with van der Waals surface area (Å²) >= 11 is 6.63. The molecule has 0 amide bonds. The molecular weight excluding hydrogens is 380 g/mol. The van der Waals surface area contributed by atoms with Crippen molar-refractivity contribution < 1.29 is 0 Å². The van der Waals surface area contributed by atoms with Crippen LogP contribution in [0.25, 0.3) is 22.2 Å². The second-order valence-corrected chi connectivity index (χ2v) is 9.20. The van der Waals surface area contributed by atoms with Crippen LogP contribution in [0.3, 0.4) is 0 Å². The van der Waals surface area contributed by atoms with Crippen LogP contribution >= 0.6 is 11.6 Å². The van der Waals surface area contributed by atoms with Crippen molar-refractivity contribution in [3.8, 4) is 11.1 Å². The standard InChI is InChI=1S/C24H29ClN4/c1-16(2)28-10-12-29(13-11-28)20-8-6-17(7-9-20)19-14-21(25)23-22(15-19)27(3)24(26-23)18-4-5-18/h6-9,14-16,18H,4-5,10-13H2,1-3H3. The van der Waals surface area contributed by atoms with E-state index in [1.54, 1.807) is 0 Å². The van der Waals surface area contributed by atoms with Gasteiger partial charge in [0.2, 0.25) is 0 Å². The van der Waals surface area contributed by atoms with Crippen LogP contribution in [0.4, 0.5) is 5.69 Å². The summed E-state index contributed by atoms with van der Waals surface area (Å²) < 4.78 is 2.23. The van der Waals surface area contributed by atoms with Gasteiger partial charge in [-0.3, -0.25) is 4.90 Å². The lowest BCUT2D eigenvalue weighted by Gasteiger charge is -2.38. The molecule has 2 aliphatic rings. The third-order valence-electron chi connectivity index (χ3n) is 6.53. The number of hydrogen-bond acceptors (Lipinski definition) is 3. The Balaban J connectivity index is 1.40. The van der Waals surface area contributed by atoms with Crippen LogP contribution in [0.1, 0.15) is 38.4 Å². The molecule has 1 aliphatic carbocycles.